The molecule has 0 bridgehead atoms. The third kappa shape index (κ3) is 5.83. The Labute approximate surface area is 208 Å². The molecule has 2 N–H and O–H groups in total. The van der Waals surface area contributed by atoms with E-state index in [1.165, 1.54) is 23.0 Å². The van der Waals surface area contributed by atoms with E-state index in [2.05, 4.69) is 26.0 Å². The Morgan fingerprint density at radius 3 is 2.60 bits per heavy atom. The average molecular weight is 546 g/mol. The van der Waals surface area contributed by atoms with E-state index >= 15 is 0 Å². The number of hydrogen-bond acceptors (Lipinski definition) is 8. The zero-order valence-electron chi connectivity index (χ0n) is 19.6. The second kappa shape index (κ2) is 10.2. The Bertz CT molecular complexity index is 1390. The topological polar surface area (TPSA) is 152 Å². The Morgan fingerprint density at radius 1 is 1.29 bits per heavy atom. The SMILES string of the molecule is CCOc1cc(C=Nn2c(C(C)(C)C)nc3ccc(Br)cc3c2=O)cc([N+](=O)[O-])c1OCC(N)=O. The molecule has 1 aromatic heterocycles. The fourth-order valence-corrected chi connectivity index (χ4v) is 3.60. The fourth-order valence-electron chi connectivity index (χ4n) is 3.24. The number of rotatable bonds is 8. The first kappa shape index (κ1) is 25.8. The average Bonchev–Trinajstić information content (AvgIpc) is 2.77. The van der Waals surface area contributed by atoms with Gasteiger partial charge in [-0.05, 0) is 31.2 Å². The highest BCUT2D eigenvalue weighted by molar-refractivity contribution is 9.10. The first-order valence-corrected chi connectivity index (χ1v) is 11.3. The molecule has 1 heterocycles. The number of carbonyl (C=O) groups excluding carboxylic acids is 1. The summed E-state index contributed by atoms with van der Waals surface area (Å²) < 4.78 is 12.6. The van der Waals surface area contributed by atoms with E-state index in [0.717, 1.165) is 0 Å². The Hall–Kier alpha value is -3.80. The number of benzene rings is 2. The number of aromatic nitrogens is 2. The molecule has 0 aliphatic carbocycles. The van der Waals surface area contributed by atoms with Gasteiger partial charge in [-0.3, -0.25) is 19.7 Å². The molecular weight excluding hydrogens is 522 g/mol. The number of hydrogen-bond donors (Lipinski definition) is 1. The summed E-state index contributed by atoms with van der Waals surface area (Å²) in [6, 6.07) is 7.86. The van der Waals surface area contributed by atoms with Gasteiger partial charge >= 0.3 is 5.69 Å². The molecule has 0 spiro atoms. The van der Waals surface area contributed by atoms with Gasteiger partial charge in [0.2, 0.25) is 5.75 Å². The van der Waals surface area contributed by atoms with Gasteiger partial charge in [0, 0.05) is 21.5 Å². The lowest BCUT2D eigenvalue weighted by molar-refractivity contribution is -0.385. The zero-order chi connectivity index (χ0) is 25.9. The Balaban J connectivity index is 2.19. The van der Waals surface area contributed by atoms with Crippen LogP contribution in [0.15, 0.2) is 44.7 Å². The summed E-state index contributed by atoms with van der Waals surface area (Å²) in [4.78, 5) is 40.1. The largest absolute Gasteiger partial charge is 0.490 e. The van der Waals surface area contributed by atoms with E-state index < -0.39 is 34.1 Å². The minimum absolute atomic E-state index is 0.0355. The molecule has 2 aromatic carbocycles. The smallest absolute Gasteiger partial charge is 0.315 e. The van der Waals surface area contributed by atoms with Gasteiger partial charge < -0.3 is 15.2 Å². The van der Waals surface area contributed by atoms with Crippen LogP contribution in [-0.2, 0) is 10.2 Å². The van der Waals surface area contributed by atoms with Crippen molar-refractivity contribution in [1.82, 2.24) is 9.66 Å². The highest BCUT2D eigenvalue weighted by atomic mass is 79.9. The summed E-state index contributed by atoms with van der Waals surface area (Å²) in [5.74, 6) is -0.572. The van der Waals surface area contributed by atoms with Crippen molar-refractivity contribution in [3.8, 4) is 11.5 Å². The summed E-state index contributed by atoms with van der Waals surface area (Å²) in [7, 11) is 0. The van der Waals surface area contributed by atoms with E-state index in [4.69, 9.17) is 15.2 Å². The lowest BCUT2D eigenvalue weighted by Crippen LogP contribution is -2.29. The molecule has 12 heteroatoms. The summed E-state index contributed by atoms with van der Waals surface area (Å²) >= 11 is 3.36. The van der Waals surface area contributed by atoms with Gasteiger partial charge in [0.05, 0.1) is 28.6 Å². The molecule has 11 nitrogen and oxygen atoms in total. The van der Waals surface area contributed by atoms with Crippen molar-refractivity contribution >= 4 is 44.6 Å². The number of nitrogens with two attached hydrogens (primary N) is 1. The van der Waals surface area contributed by atoms with Crippen LogP contribution in [0.25, 0.3) is 10.9 Å². The third-order valence-corrected chi connectivity index (χ3v) is 5.21. The minimum atomic E-state index is -0.795. The van der Waals surface area contributed by atoms with Crippen LogP contribution < -0.4 is 20.8 Å². The molecule has 0 unspecified atom stereocenters. The molecule has 0 radical (unpaired) electrons. The molecule has 3 rings (SSSR count). The zero-order valence-corrected chi connectivity index (χ0v) is 21.2. The monoisotopic (exact) mass is 545 g/mol. The van der Waals surface area contributed by atoms with Crippen LogP contribution in [0.2, 0.25) is 0 Å². The van der Waals surface area contributed by atoms with Crippen molar-refractivity contribution in [2.45, 2.75) is 33.1 Å². The molecule has 0 aliphatic heterocycles. The van der Waals surface area contributed by atoms with Crippen LogP contribution in [-0.4, -0.2) is 39.9 Å². The summed E-state index contributed by atoms with van der Waals surface area (Å²) in [5, 5.41) is 16.4. The van der Waals surface area contributed by atoms with Gasteiger partial charge in [0.1, 0.15) is 5.82 Å². The van der Waals surface area contributed by atoms with Crippen molar-refractivity contribution in [3.05, 3.63) is 66.7 Å². The quantitative estimate of drug-likeness (QED) is 0.258. The van der Waals surface area contributed by atoms with E-state index in [1.54, 1.807) is 25.1 Å². The van der Waals surface area contributed by atoms with Crippen molar-refractivity contribution in [3.63, 3.8) is 0 Å². The van der Waals surface area contributed by atoms with Gasteiger partial charge in [0.15, 0.2) is 12.4 Å². The number of nitrogens with zero attached hydrogens (tertiary/aromatic N) is 4. The second-order valence-electron chi connectivity index (χ2n) is 8.52. The number of ether oxygens (including phenoxy) is 2. The predicted octanol–water partition coefficient (Wildman–Crippen LogP) is 3.51. The molecule has 184 valence electrons. The molecule has 0 atom stereocenters. The minimum Gasteiger partial charge on any atom is -0.490 e. The second-order valence-corrected chi connectivity index (χ2v) is 9.44. The van der Waals surface area contributed by atoms with Crippen LogP contribution in [0.5, 0.6) is 11.5 Å². The van der Waals surface area contributed by atoms with Crippen LogP contribution >= 0.6 is 15.9 Å². The van der Waals surface area contributed by atoms with Crippen molar-refractivity contribution in [2.24, 2.45) is 10.8 Å². The van der Waals surface area contributed by atoms with Crippen LogP contribution in [0.4, 0.5) is 5.69 Å². The molecule has 1 amide bonds. The lowest BCUT2D eigenvalue weighted by atomic mass is 9.95. The van der Waals surface area contributed by atoms with E-state index in [0.29, 0.717) is 21.2 Å². The molecule has 35 heavy (non-hydrogen) atoms. The van der Waals surface area contributed by atoms with E-state index in [1.807, 2.05) is 20.8 Å². The third-order valence-electron chi connectivity index (χ3n) is 4.71. The number of primary amides is 1. The van der Waals surface area contributed by atoms with Crippen LogP contribution in [0, 0.1) is 10.1 Å². The number of amides is 1. The maximum absolute atomic E-state index is 13.3. The highest BCUT2D eigenvalue weighted by Crippen LogP contribution is 2.38. The molecule has 0 aliphatic rings. The number of fused-ring (bicyclic) bond motifs is 1. The Morgan fingerprint density at radius 2 is 2.00 bits per heavy atom. The maximum Gasteiger partial charge on any atom is 0.315 e. The maximum atomic E-state index is 13.3. The van der Waals surface area contributed by atoms with Crippen LogP contribution in [0.3, 0.4) is 0 Å². The van der Waals surface area contributed by atoms with Crippen molar-refractivity contribution in [1.29, 1.82) is 0 Å². The first-order chi connectivity index (χ1) is 16.4. The number of carbonyl (C=O) groups is 1. The summed E-state index contributed by atoms with van der Waals surface area (Å²) in [6.07, 6.45) is 1.30. The van der Waals surface area contributed by atoms with Crippen molar-refractivity contribution in [2.75, 3.05) is 13.2 Å². The molecule has 0 fully saturated rings. The standard InChI is InChI=1S/C23H24BrN5O6/c1-5-34-18-9-13(8-17(29(32)33)20(18)35-12-19(25)30)11-26-28-21(31)15-10-14(24)6-7-16(15)27-22(28)23(2,3)4/h6-11H,5,12H2,1-4H3,(H2,25,30). The Kier molecular flexibility index (Phi) is 7.54. The first-order valence-electron chi connectivity index (χ1n) is 10.6. The molecule has 3 aromatic rings. The van der Waals surface area contributed by atoms with E-state index in [-0.39, 0.29) is 23.7 Å². The highest BCUT2D eigenvalue weighted by Gasteiger charge is 2.25. The number of nitro groups is 1. The number of halogens is 1. The van der Waals surface area contributed by atoms with E-state index in [9.17, 15) is 19.7 Å². The van der Waals surface area contributed by atoms with Crippen LogP contribution in [0.1, 0.15) is 39.1 Å². The van der Waals surface area contributed by atoms with Gasteiger partial charge in [-0.2, -0.15) is 9.78 Å². The predicted molar refractivity (Wildman–Crippen MR) is 134 cm³/mol. The summed E-state index contributed by atoms with van der Waals surface area (Å²) in [6.45, 7) is 7.01. The van der Waals surface area contributed by atoms with Gasteiger partial charge in [-0.25, -0.2) is 4.98 Å². The van der Waals surface area contributed by atoms with Gasteiger partial charge in [0.25, 0.3) is 11.5 Å². The summed E-state index contributed by atoms with van der Waals surface area (Å²) in [5.41, 5.74) is 4.54. The van der Waals surface area contributed by atoms with Gasteiger partial charge in [-0.15, -0.1) is 0 Å². The molecule has 0 saturated heterocycles. The number of nitro benzene ring substituents is 1. The fraction of sp³-hybridized carbons (Fsp3) is 0.304. The molecular formula is C23H24BrN5O6. The molecule has 0 saturated carbocycles. The lowest BCUT2D eigenvalue weighted by Gasteiger charge is -2.20. The van der Waals surface area contributed by atoms with Gasteiger partial charge in [-0.1, -0.05) is 36.7 Å². The normalized spacial score (nSPS) is 11.7. The van der Waals surface area contributed by atoms with Crippen molar-refractivity contribution < 1.29 is 19.2 Å².